The minimum atomic E-state index is 0.466. The summed E-state index contributed by atoms with van der Waals surface area (Å²) in [6.45, 7) is 4.08. The number of fused-ring (bicyclic) bond motifs is 2. The molecule has 9 nitrogen and oxygen atoms in total. The second-order valence-corrected chi connectivity index (χ2v) is 8.92. The van der Waals surface area contributed by atoms with Gasteiger partial charge in [0.15, 0.2) is 5.82 Å². The molecule has 0 bridgehead atoms. The summed E-state index contributed by atoms with van der Waals surface area (Å²) < 4.78 is 7.88. The summed E-state index contributed by atoms with van der Waals surface area (Å²) in [6.07, 6.45) is 3.77. The van der Waals surface area contributed by atoms with E-state index in [4.69, 9.17) is 9.72 Å². The number of piperidine rings is 1. The molecule has 2 aromatic carbocycles. The van der Waals surface area contributed by atoms with Crippen molar-refractivity contribution in [3.8, 4) is 11.5 Å². The summed E-state index contributed by atoms with van der Waals surface area (Å²) in [4.78, 5) is 13.9. The molecule has 3 aromatic heterocycles. The van der Waals surface area contributed by atoms with Crippen molar-refractivity contribution in [1.82, 2.24) is 35.3 Å². The molecule has 2 N–H and O–H groups in total. The number of aromatic nitrogens is 6. The first-order valence-corrected chi connectivity index (χ1v) is 11.8. The predicted molar refractivity (Wildman–Crippen MR) is 135 cm³/mol. The molecule has 9 heteroatoms. The third kappa shape index (κ3) is 4.26. The van der Waals surface area contributed by atoms with Gasteiger partial charge in [-0.25, -0.2) is 19.6 Å². The Morgan fingerprint density at radius 3 is 2.74 bits per heavy atom. The highest BCUT2D eigenvalue weighted by molar-refractivity contribution is 5.87. The summed E-state index contributed by atoms with van der Waals surface area (Å²) in [5, 5.41) is 15.1. The highest BCUT2D eigenvalue weighted by Gasteiger charge is 2.18. The summed E-state index contributed by atoms with van der Waals surface area (Å²) in [5.41, 5.74) is 6.40. The van der Waals surface area contributed by atoms with E-state index in [1.807, 2.05) is 56.4 Å². The van der Waals surface area contributed by atoms with Crippen molar-refractivity contribution in [3.05, 3.63) is 66.1 Å². The van der Waals surface area contributed by atoms with Gasteiger partial charge < -0.3 is 15.4 Å². The van der Waals surface area contributed by atoms with E-state index in [-0.39, 0.29) is 0 Å². The fraction of sp³-hybridized carbons (Fsp3) is 0.269. The molecule has 5 aromatic rings. The van der Waals surface area contributed by atoms with Gasteiger partial charge in [-0.05, 0) is 80.9 Å². The minimum absolute atomic E-state index is 0.466. The lowest BCUT2D eigenvalue weighted by Gasteiger charge is -2.22. The van der Waals surface area contributed by atoms with Gasteiger partial charge in [0.25, 0.3) is 0 Å². The van der Waals surface area contributed by atoms with Crippen LogP contribution in [0, 0.1) is 6.92 Å². The topological polar surface area (TPSA) is 103 Å². The summed E-state index contributed by atoms with van der Waals surface area (Å²) in [7, 11) is 1.87. The summed E-state index contributed by atoms with van der Waals surface area (Å²) in [6, 6.07) is 15.9. The van der Waals surface area contributed by atoms with E-state index in [9.17, 15) is 0 Å². The average Bonchev–Trinajstić information content (AvgIpc) is 3.26. The van der Waals surface area contributed by atoms with Crippen molar-refractivity contribution in [1.29, 1.82) is 0 Å². The van der Waals surface area contributed by atoms with Gasteiger partial charge in [-0.1, -0.05) is 5.21 Å². The zero-order chi connectivity index (χ0) is 23.8. The Kier molecular flexibility index (Phi) is 5.46. The van der Waals surface area contributed by atoms with Crippen molar-refractivity contribution >= 4 is 33.6 Å². The SMILES string of the molecule is Cc1cc(Nc2ncnc3ccc(C4CCNCC4)nc23)ccc1Oc1ccc2c(c1)nnn2C. The molecular weight excluding hydrogens is 440 g/mol. The number of anilines is 2. The molecule has 1 aliphatic heterocycles. The minimum Gasteiger partial charge on any atom is -0.457 e. The lowest BCUT2D eigenvalue weighted by Crippen LogP contribution is -2.27. The van der Waals surface area contributed by atoms with Gasteiger partial charge in [0, 0.05) is 30.4 Å². The molecule has 0 atom stereocenters. The molecule has 176 valence electrons. The third-order valence-corrected chi connectivity index (χ3v) is 6.51. The van der Waals surface area contributed by atoms with Crippen LogP contribution in [0.1, 0.15) is 30.0 Å². The summed E-state index contributed by atoms with van der Waals surface area (Å²) in [5.74, 6) is 2.66. The van der Waals surface area contributed by atoms with Crippen molar-refractivity contribution in [2.24, 2.45) is 7.05 Å². The molecule has 4 heterocycles. The zero-order valence-corrected chi connectivity index (χ0v) is 19.7. The van der Waals surface area contributed by atoms with Crippen molar-refractivity contribution < 1.29 is 4.74 Å². The van der Waals surface area contributed by atoms with Crippen LogP contribution in [-0.4, -0.2) is 43.0 Å². The standard InChI is InChI=1S/C26H26N8O/c1-16-13-18(3-8-24(16)35-19-4-7-23-22(14-19)32-33-34(23)2)30-26-25-21(28-15-29-26)6-5-20(31-25)17-9-11-27-12-10-17/h3-8,13-15,17,27H,9-12H2,1-2H3,(H,28,29,30). The molecular formula is C26H26N8O. The van der Waals surface area contributed by atoms with Crippen LogP contribution in [0.2, 0.25) is 0 Å². The fourth-order valence-corrected chi connectivity index (χ4v) is 4.58. The molecule has 0 spiro atoms. The van der Waals surface area contributed by atoms with Crippen molar-refractivity contribution in [3.63, 3.8) is 0 Å². The predicted octanol–water partition coefficient (Wildman–Crippen LogP) is 4.62. The van der Waals surface area contributed by atoms with E-state index in [1.54, 1.807) is 11.0 Å². The Bertz CT molecular complexity index is 1520. The number of pyridine rings is 1. The van der Waals surface area contributed by atoms with Crippen LogP contribution in [-0.2, 0) is 7.05 Å². The van der Waals surface area contributed by atoms with Gasteiger partial charge in [-0.2, -0.15) is 0 Å². The van der Waals surface area contributed by atoms with Crippen LogP contribution < -0.4 is 15.4 Å². The van der Waals surface area contributed by atoms with E-state index in [2.05, 4.69) is 37.0 Å². The van der Waals surface area contributed by atoms with Crippen LogP contribution in [0.5, 0.6) is 11.5 Å². The van der Waals surface area contributed by atoms with Gasteiger partial charge in [0.2, 0.25) is 0 Å². The first-order valence-electron chi connectivity index (χ1n) is 11.8. The van der Waals surface area contributed by atoms with Gasteiger partial charge >= 0.3 is 0 Å². The van der Waals surface area contributed by atoms with E-state index >= 15 is 0 Å². The molecule has 0 unspecified atom stereocenters. The first kappa shape index (κ1) is 21.4. The van der Waals surface area contributed by atoms with Crippen LogP contribution in [0.3, 0.4) is 0 Å². The largest absolute Gasteiger partial charge is 0.457 e. The van der Waals surface area contributed by atoms with E-state index in [0.717, 1.165) is 76.4 Å². The first-order chi connectivity index (χ1) is 17.1. The Balaban J connectivity index is 1.25. The molecule has 6 rings (SSSR count). The van der Waals surface area contributed by atoms with Crippen LogP contribution in [0.15, 0.2) is 54.9 Å². The number of aryl methyl sites for hydroxylation is 2. The molecule has 0 aliphatic carbocycles. The molecule has 0 radical (unpaired) electrons. The highest BCUT2D eigenvalue weighted by Crippen LogP contribution is 2.31. The number of nitrogens with one attached hydrogen (secondary N) is 2. The van der Waals surface area contributed by atoms with Crippen LogP contribution >= 0.6 is 0 Å². The number of hydrogen-bond acceptors (Lipinski definition) is 8. The molecule has 35 heavy (non-hydrogen) atoms. The van der Waals surface area contributed by atoms with Crippen molar-refractivity contribution in [2.75, 3.05) is 18.4 Å². The molecule has 0 saturated carbocycles. The van der Waals surface area contributed by atoms with E-state index < -0.39 is 0 Å². The van der Waals surface area contributed by atoms with Crippen LogP contribution in [0.25, 0.3) is 22.1 Å². The number of rotatable bonds is 5. The monoisotopic (exact) mass is 466 g/mol. The van der Waals surface area contributed by atoms with Gasteiger partial charge in [-0.15, -0.1) is 5.10 Å². The number of hydrogen-bond donors (Lipinski definition) is 2. The average molecular weight is 467 g/mol. The molecule has 0 amide bonds. The fourth-order valence-electron chi connectivity index (χ4n) is 4.58. The maximum atomic E-state index is 6.14. The maximum Gasteiger partial charge on any atom is 0.160 e. The molecule has 1 saturated heterocycles. The third-order valence-electron chi connectivity index (χ3n) is 6.51. The lowest BCUT2D eigenvalue weighted by molar-refractivity contribution is 0.454. The Hall–Kier alpha value is -4.11. The van der Waals surface area contributed by atoms with Gasteiger partial charge in [0.1, 0.15) is 28.9 Å². The number of ether oxygens (including phenoxy) is 1. The second-order valence-electron chi connectivity index (χ2n) is 8.92. The Morgan fingerprint density at radius 1 is 1.00 bits per heavy atom. The van der Waals surface area contributed by atoms with Gasteiger partial charge in [0.05, 0.1) is 11.0 Å². The maximum absolute atomic E-state index is 6.14. The molecule has 1 fully saturated rings. The Morgan fingerprint density at radius 2 is 1.89 bits per heavy atom. The molecule has 1 aliphatic rings. The summed E-state index contributed by atoms with van der Waals surface area (Å²) >= 11 is 0. The van der Waals surface area contributed by atoms with E-state index in [1.165, 1.54) is 0 Å². The highest BCUT2D eigenvalue weighted by atomic mass is 16.5. The quantitative estimate of drug-likeness (QED) is 0.387. The normalized spacial score (nSPS) is 14.5. The van der Waals surface area contributed by atoms with E-state index in [0.29, 0.717) is 11.7 Å². The second kappa shape index (κ2) is 8.92. The van der Waals surface area contributed by atoms with Crippen LogP contribution in [0.4, 0.5) is 11.5 Å². The number of benzene rings is 2. The number of nitrogens with zero attached hydrogens (tertiary/aromatic N) is 6. The smallest absolute Gasteiger partial charge is 0.160 e. The van der Waals surface area contributed by atoms with Gasteiger partial charge in [-0.3, -0.25) is 0 Å². The lowest BCUT2D eigenvalue weighted by atomic mass is 9.94. The zero-order valence-electron chi connectivity index (χ0n) is 19.7. The Labute approximate surface area is 202 Å². The van der Waals surface area contributed by atoms with Crippen molar-refractivity contribution in [2.45, 2.75) is 25.7 Å².